The molecule has 1 aromatic heterocycles. The lowest BCUT2D eigenvalue weighted by Gasteiger charge is -2.11. The molecule has 4 nitrogen and oxygen atoms in total. The summed E-state index contributed by atoms with van der Waals surface area (Å²) in [6.45, 7) is 5.89. The minimum Gasteiger partial charge on any atom is -0.318 e. The van der Waals surface area contributed by atoms with Crippen molar-refractivity contribution >= 4 is 46.6 Å². The lowest BCUT2D eigenvalue weighted by molar-refractivity contribution is -0.114. The Balaban J connectivity index is 1.73. The Morgan fingerprint density at radius 1 is 0.897 bits per heavy atom. The second-order valence-electron chi connectivity index (χ2n) is 6.96. The van der Waals surface area contributed by atoms with Crippen molar-refractivity contribution in [1.29, 1.82) is 0 Å². The van der Waals surface area contributed by atoms with Crippen molar-refractivity contribution in [2.24, 2.45) is 5.10 Å². The molecule has 2 heterocycles. The van der Waals surface area contributed by atoms with E-state index >= 15 is 0 Å². The molecule has 0 aliphatic carbocycles. The van der Waals surface area contributed by atoms with Gasteiger partial charge in [0.1, 0.15) is 0 Å². The lowest BCUT2D eigenvalue weighted by atomic mass is 10.1. The molecule has 0 fully saturated rings. The maximum atomic E-state index is 13.0. The number of benzene rings is 2. The summed E-state index contributed by atoms with van der Waals surface area (Å²) < 4.78 is 2.09. The summed E-state index contributed by atoms with van der Waals surface area (Å²) in [7, 11) is 0. The number of hydrogen-bond donors (Lipinski definition) is 0. The highest BCUT2D eigenvalue weighted by atomic mass is 35.5. The number of hydrazone groups is 1. The molecule has 146 valence electrons. The van der Waals surface area contributed by atoms with Crippen LogP contribution < -0.4 is 5.01 Å². The van der Waals surface area contributed by atoms with Gasteiger partial charge in [-0.15, -0.1) is 0 Å². The first-order chi connectivity index (χ1) is 13.9. The van der Waals surface area contributed by atoms with Crippen LogP contribution in [0.1, 0.15) is 23.9 Å². The normalized spacial score (nSPS) is 15.3. The molecule has 29 heavy (non-hydrogen) atoms. The zero-order valence-corrected chi connectivity index (χ0v) is 17.8. The van der Waals surface area contributed by atoms with Crippen molar-refractivity contribution in [2.75, 3.05) is 5.01 Å². The van der Waals surface area contributed by atoms with E-state index in [4.69, 9.17) is 23.2 Å². The topological polar surface area (TPSA) is 37.6 Å². The average molecular weight is 424 g/mol. The van der Waals surface area contributed by atoms with Crippen molar-refractivity contribution in [3.05, 3.63) is 87.2 Å². The van der Waals surface area contributed by atoms with Gasteiger partial charge in [-0.25, -0.2) is 0 Å². The van der Waals surface area contributed by atoms with E-state index in [2.05, 4.69) is 15.7 Å². The van der Waals surface area contributed by atoms with E-state index in [1.54, 1.807) is 6.07 Å². The van der Waals surface area contributed by atoms with Crippen LogP contribution in [-0.4, -0.2) is 16.2 Å². The first-order valence-corrected chi connectivity index (χ1v) is 9.93. The van der Waals surface area contributed by atoms with Crippen LogP contribution in [0.3, 0.4) is 0 Å². The summed E-state index contributed by atoms with van der Waals surface area (Å²) in [6, 6.07) is 17.0. The number of para-hydroxylation sites is 1. The van der Waals surface area contributed by atoms with Crippen LogP contribution in [-0.2, 0) is 4.79 Å². The summed E-state index contributed by atoms with van der Waals surface area (Å²) in [5, 5.41) is 6.91. The van der Waals surface area contributed by atoms with Crippen molar-refractivity contribution in [1.82, 2.24) is 4.57 Å². The maximum absolute atomic E-state index is 13.0. The Bertz CT molecular complexity index is 1180. The number of aromatic nitrogens is 1. The minimum absolute atomic E-state index is 0.131. The zero-order valence-electron chi connectivity index (χ0n) is 16.3. The summed E-state index contributed by atoms with van der Waals surface area (Å²) in [5.41, 5.74) is 5.96. The van der Waals surface area contributed by atoms with E-state index in [1.165, 1.54) is 5.01 Å². The third-order valence-corrected chi connectivity index (χ3v) is 5.73. The highest BCUT2D eigenvalue weighted by Gasteiger charge is 2.29. The van der Waals surface area contributed by atoms with Crippen molar-refractivity contribution in [3.63, 3.8) is 0 Å². The smallest absolute Gasteiger partial charge is 0.280 e. The third kappa shape index (κ3) is 3.50. The summed E-state index contributed by atoms with van der Waals surface area (Å²) in [6.07, 6.45) is 1.90. The molecule has 1 amide bonds. The molecule has 1 aliphatic heterocycles. The lowest BCUT2D eigenvalue weighted by Crippen LogP contribution is -2.21. The van der Waals surface area contributed by atoms with Gasteiger partial charge in [0.25, 0.3) is 5.91 Å². The number of rotatable bonds is 3. The van der Waals surface area contributed by atoms with E-state index < -0.39 is 0 Å². The van der Waals surface area contributed by atoms with Crippen LogP contribution in [0.25, 0.3) is 11.8 Å². The third-order valence-electron chi connectivity index (χ3n) is 4.99. The van der Waals surface area contributed by atoms with Crippen molar-refractivity contribution in [3.8, 4) is 5.69 Å². The molecule has 0 N–H and O–H groups in total. The average Bonchev–Trinajstić information content (AvgIpc) is 3.15. The quantitative estimate of drug-likeness (QED) is 0.461. The highest BCUT2D eigenvalue weighted by molar-refractivity contribution is 6.42. The fourth-order valence-corrected chi connectivity index (χ4v) is 3.83. The Morgan fingerprint density at radius 2 is 1.62 bits per heavy atom. The molecule has 0 saturated heterocycles. The van der Waals surface area contributed by atoms with E-state index in [0.717, 1.165) is 28.3 Å². The molecule has 0 radical (unpaired) electrons. The molecule has 2 aromatic carbocycles. The van der Waals surface area contributed by atoms with Gasteiger partial charge in [-0.3, -0.25) is 4.79 Å². The standard InChI is InChI=1S/C23H19Cl2N3O/c1-14-11-17(16(3)27(14)19-9-10-21(24)22(25)13-19)12-20-15(2)26-28(23(20)29)18-7-5-4-6-8-18/h4-13H,1-3H3/b20-12-. The number of carbonyl (C=O) groups excluding carboxylic acids is 1. The molecular formula is C23H19Cl2N3O. The van der Waals surface area contributed by atoms with Crippen molar-refractivity contribution < 1.29 is 4.79 Å². The zero-order chi connectivity index (χ0) is 20.7. The maximum Gasteiger partial charge on any atom is 0.280 e. The second-order valence-corrected chi connectivity index (χ2v) is 7.77. The Kier molecular flexibility index (Phi) is 5.07. The number of hydrogen-bond acceptors (Lipinski definition) is 2. The van der Waals surface area contributed by atoms with Gasteiger partial charge < -0.3 is 4.57 Å². The van der Waals surface area contributed by atoms with Crippen molar-refractivity contribution in [2.45, 2.75) is 20.8 Å². The number of halogens is 2. The van der Waals surface area contributed by atoms with Gasteiger partial charge in [0.05, 0.1) is 27.0 Å². The van der Waals surface area contributed by atoms with Gasteiger partial charge in [0, 0.05) is 17.1 Å². The molecule has 0 saturated carbocycles. The van der Waals surface area contributed by atoms with Crippen LogP contribution >= 0.6 is 23.2 Å². The van der Waals surface area contributed by atoms with E-state index in [9.17, 15) is 4.79 Å². The largest absolute Gasteiger partial charge is 0.318 e. The van der Waals surface area contributed by atoms with E-state index in [1.807, 2.05) is 69.3 Å². The summed E-state index contributed by atoms with van der Waals surface area (Å²) in [4.78, 5) is 13.0. The van der Waals surface area contributed by atoms with E-state index in [0.29, 0.717) is 21.3 Å². The van der Waals surface area contributed by atoms with Crippen LogP contribution in [0.5, 0.6) is 0 Å². The molecule has 4 rings (SSSR count). The fourth-order valence-electron chi connectivity index (χ4n) is 3.54. The van der Waals surface area contributed by atoms with Gasteiger partial charge in [0.15, 0.2) is 0 Å². The number of carbonyl (C=O) groups is 1. The predicted octanol–water partition coefficient (Wildman–Crippen LogP) is 6.21. The van der Waals surface area contributed by atoms with Crippen LogP contribution in [0.2, 0.25) is 10.0 Å². The Hall–Kier alpha value is -2.82. The van der Waals surface area contributed by atoms with Crippen LogP contribution in [0.4, 0.5) is 5.69 Å². The molecule has 0 spiro atoms. The first kappa shape index (κ1) is 19.5. The molecule has 1 aliphatic rings. The van der Waals surface area contributed by atoms with E-state index in [-0.39, 0.29) is 5.91 Å². The van der Waals surface area contributed by atoms with Gasteiger partial charge in [0.2, 0.25) is 0 Å². The Morgan fingerprint density at radius 3 is 2.31 bits per heavy atom. The molecule has 6 heteroatoms. The highest BCUT2D eigenvalue weighted by Crippen LogP contribution is 2.30. The summed E-state index contributed by atoms with van der Waals surface area (Å²) in [5.74, 6) is -0.131. The molecular weight excluding hydrogens is 405 g/mol. The predicted molar refractivity (Wildman–Crippen MR) is 120 cm³/mol. The first-order valence-electron chi connectivity index (χ1n) is 9.18. The number of nitrogens with zero attached hydrogens (tertiary/aromatic N) is 3. The van der Waals surface area contributed by atoms with Gasteiger partial charge in [-0.05, 0) is 68.8 Å². The molecule has 0 unspecified atom stereocenters. The van der Waals surface area contributed by atoms with Gasteiger partial charge in [-0.1, -0.05) is 41.4 Å². The molecule has 3 aromatic rings. The number of amides is 1. The van der Waals surface area contributed by atoms with Gasteiger partial charge in [-0.2, -0.15) is 10.1 Å². The minimum atomic E-state index is -0.131. The van der Waals surface area contributed by atoms with Crippen LogP contribution in [0.15, 0.2) is 65.3 Å². The monoisotopic (exact) mass is 423 g/mol. The SMILES string of the molecule is CC1=NN(c2ccccc2)C(=O)/C1=C\c1cc(C)n(-c2ccc(Cl)c(Cl)c2)c1C. The Labute approximate surface area is 179 Å². The number of anilines is 1. The van der Waals surface area contributed by atoms with Crippen LogP contribution in [0, 0.1) is 13.8 Å². The summed E-state index contributed by atoms with van der Waals surface area (Å²) >= 11 is 12.3. The fraction of sp³-hybridized carbons (Fsp3) is 0.130. The number of aryl methyl sites for hydroxylation is 1. The molecule has 0 bridgehead atoms. The molecule has 0 atom stereocenters. The second kappa shape index (κ2) is 7.54. The van der Waals surface area contributed by atoms with Gasteiger partial charge >= 0.3 is 0 Å².